The molecule has 0 aliphatic rings. The average Bonchev–Trinajstić information content (AvgIpc) is 2.70. The Bertz CT molecular complexity index is 502. The van der Waals surface area contributed by atoms with Crippen LogP contribution in [0, 0.1) is 6.92 Å². The number of pyridine rings is 1. The van der Waals surface area contributed by atoms with Gasteiger partial charge in [-0.2, -0.15) is 5.10 Å². The quantitative estimate of drug-likeness (QED) is 0.792. The summed E-state index contributed by atoms with van der Waals surface area (Å²) in [5.41, 5.74) is 2.33. The third-order valence-corrected chi connectivity index (χ3v) is 2.17. The summed E-state index contributed by atoms with van der Waals surface area (Å²) in [4.78, 5) is 3.97. The highest BCUT2D eigenvalue weighted by molar-refractivity contribution is 5.62. The molecule has 2 N–H and O–H groups in total. The van der Waals surface area contributed by atoms with Gasteiger partial charge in [-0.3, -0.25) is 10.1 Å². The highest BCUT2D eigenvalue weighted by atomic mass is 15.2. The van der Waals surface area contributed by atoms with Crippen molar-refractivity contribution in [1.29, 1.82) is 0 Å². The van der Waals surface area contributed by atoms with Gasteiger partial charge in [0.25, 0.3) is 0 Å². The van der Waals surface area contributed by atoms with Gasteiger partial charge < -0.3 is 5.32 Å². The molecule has 0 atom stereocenters. The first-order chi connectivity index (χ1) is 8.31. The van der Waals surface area contributed by atoms with Gasteiger partial charge in [-0.25, -0.2) is 0 Å². The van der Waals surface area contributed by atoms with E-state index in [1.54, 1.807) is 12.4 Å². The Balaban J connectivity index is 2.23. The molecule has 2 rings (SSSR count). The van der Waals surface area contributed by atoms with Crippen molar-refractivity contribution in [3.05, 3.63) is 30.2 Å². The van der Waals surface area contributed by atoms with Crippen LogP contribution < -0.4 is 5.32 Å². The predicted molar refractivity (Wildman–Crippen MR) is 65.9 cm³/mol. The van der Waals surface area contributed by atoms with Crippen LogP contribution in [0.25, 0.3) is 0 Å². The van der Waals surface area contributed by atoms with E-state index in [-0.39, 0.29) is 0 Å². The molecule has 0 bridgehead atoms. The van der Waals surface area contributed by atoms with Crippen LogP contribution in [0.3, 0.4) is 0 Å². The van der Waals surface area contributed by atoms with Crippen molar-refractivity contribution in [3.8, 4) is 0 Å². The van der Waals surface area contributed by atoms with E-state index in [1.807, 2.05) is 26.0 Å². The summed E-state index contributed by atoms with van der Waals surface area (Å²) in [5, 5.41) is 18.4. The predicted octanol–water partition coefficient (Wildman–Crippen LogP) is 2.96. The number of azo groups is 1. The first-order valence-corrected chi connectivity index (χ1v) is 5.42. The second kappa shape index (κ2) is 5.20. The van der Waals surface area contributed by atoms with Gasteiger partial charge in [-0.05, 0) is 26.0 Å². The molecule has 2 aromatic heterocycles. The minimum atomic E-state index is 0.718. The molecule has 0 unspecified atom stereocenters. The molecule has 0 aromatic carbocycles. The number of rotatable bonds is 4. The topological polar surface area (TPSA) is 78.3 Å². The number of aromatic nitrogens is 3. The fraction of sp³-hybridized carbons (Fsp3) is 0.273. The van der Waals surface area contributed by atoms with Crippen molar-refractivity contribution < 1.29 is 0 Å². The summed E-state index contributed by atoms with van der Waals surface area (Å²) < 4.78 is 0. The summed E-state index contributed by atoms with van der Waals surface area (Å²) in [5.74, 6) is 0.720. The lowest BCUT2D eigenvalue weighted by atomic mass is 10.4. The number of aromatic amines is 1. The smallest absolute Gasteiger partial charge is 0.175 e. The molecule has 17 heavy (non-hydrogen) atoms. The van der Waals surface area contributed by atoms with Gasteiger partial charge >= 0.3 is 0 Å². The SMILES string of the molecule is CCNc1n[nH]c(C)c1N=Nc1cccnc1. The number of aryl methyl sites for hydroxylation is 1. The summed E-state index contributed by atoms with van der Waals surface area (Å²) in [6.07, 6.45) is 3.36. The number of nitrogens with zero attached hydrogens (tertiary/aromatic N) is 4. The Morgan fingerprint density at radius 2 is 2.29 bits per heavy atom. The third kappa shape index (κ3) is 2.66. The molecular formula is C11H14N6. The Morgan fingerprint density at radius 1 is 1.41 bits per heavy atom. The largest absolute Gasteiger partial charge is 0.367 e. The number of nitrogens with one attached hydrogen (secondary N) is 2. The molecule has 0 spiro atoms. The molecule has 6 nitrogen and oxygen atoms in total. The van der Waals surface area contributed by atoms with E-state index in [9.17, 15) is 0 Å². The van der Waals surface area contributed by atoms with Crippen molar-refractivity contribution in [3.63, 3.8) is 0 Å². The van der Waals surface area contributed by atoms with Crippen LogP contribution in [-0.2, 0) is 0 Å². The van der Waals surface area contributed by atoms with Gasteiger partial charge in [-0.15, -0.1) is 10.2 Å². The molecule has 0 saturated heterocycles. The zero-order valence-corrected chi connectivity index (χ0v) is 9.81. The maximum Gasteiger partial charge on any atom is 0.175 e. The monoisotopic (exact) mass is 230 g/mol. The minimum Gasteiger partial charge on any atom is -0.367 e. The van der Waals surface area contributed by atoms with Crippen molar-refractivity contribution >= 4 is 17.2 Å². The van der Waals surface area contributed by atoms with Gasteiger partial charge in [0.05, 0.1) is 11.9 Å². The van der Waals surface area contributed by atoms with Gasteiger partial charge in [0.2, 0.25) is 0 Å². The van der Waals surface area contributed by atoms with E-state index in [0.717, 1.165) is 29.4 Å². The molecule has 6 heteroatoms. The van der Waals surface area contributed by atoms with Crippen LogP contribution in [0.1, 0.15) is 12.6 Å². The highest BCUT2D eigenvalue weighted by Crippen LogP contribution is 2.27. The molecular weight excluding hydrogens is 216 g/mol. The van der Waals surface area contributed by atoms with Crippen LogP contribution in [0.5, 0.6) is 0 Å². The molecule has 0 aliphatic heterocycles. The van der Waals surface area contributed by atoms with Crippen LogP contribution >= 0.6 is 0 Å². The summed E-state index contributed by atoms with van der Waals surface area (Å²) in [6.45, 7) is 4.71. The number of hydrogen-bond donors (Lipinski definition) is 2. The first kappa shape index (κ1) is 11.3. The van der Waals surface area contributed by atoms with E-state index >= 15 is 0 Å². The van der Waals surface area contributed by atoms with Crippen LogP contribution in [0.4, 0.5) is 17.2 Å². The van der Waals surface area contributed by atoms with Crippen LogP contribution in [-0.4, -0.2) is 21.7 Å². The van der Waals surface area contributed by atoms with Crippen molar-refractivity contribution in [2.45, 2.75) is 13.8 Å². The van der Waals surface area contributed by atoms with Gasteiger partial charge in [0.15, 0.2) is 11.5 Å². The lowest BCUT2D eigenvalue weighted by molar-refractivity contribution is 1.03. The molecule has 0 fully saturated rings. The lowest BCUT2D eigenvalue weighted by Crippen LogP contribution is -1.96. The zero-order chi connectivity index (χ0) is 12.1. The van der Waals surface area contributed by atoms with E-state index < -0.39 is 0 Å². The Labute approximate surface area is 99.2 Å². The Morgan fingerprint density at radius 3 is 3.00 bits per heavy atom. The van der Waals surface area contributed by atoms with Gasteiger partial charge in [0, 0.05) is 12.7 Å². The van der Waals surface area contributed by atoms with Crippen LogP contribution in [0.2, 0.25) is 0 Å². The minimum absolute atomic E-state index is 0.718. The average molecular weight is 230 g/mol. The van der Waals surface area contributed by atoms with Crippen molar-refractivity contribution in [2.24, 2.45) is 10.2 Å². The van der Waals surface area contributed by atoms with Crippen molar-refractivity contribution in [1.82, 2.24) is 15.2 Å². The number of H-pyrrole nitrogens is 1. The molecule has 0 amide bonds. The van der Waals surface area contributed by atoms with E-state index in [0.29, 0.717) is 0 Å². The standard InChI is InChI=1S/C11H14N6/c1-3-13-11-10(8(2)14-17-11)16-15-9-5-4-6-12-7-9/h4-7H,3H2,1-2H3,(H2,13,14,17). The van der Waals surface area contributed by atoms with E-state index in [4.69, 9.17) is 0 Å². The summed E-state index contributed by atoms with van der Waals surface area (Å²) >= 11 is 0. The Kier molecular flexibility index (Phi) is 3.44. The molecule has 0 radical (unpaired) electrons. The molecule has 0 aliphatic carbocycles. The third-order valence-electron chi connectivity index (χ3n) is 2.17. The van der Waals surface area contributed by atoms with Crippen LogP contribution in [0.15, 0.2) is 34.8 Å². The maximum absolute atomic E-state index is 4.18. The molecule has 2 heterocycles. The zero-order valence-electron chi connectivity index (χ0n) is 9.81. The normalized spacial score (nSPS) is 10.9. The Hall–Kier alpha value is -2.24. The molecule has 0 saturated carbocycles. The van der Waals surface area contributed by atoms with Gasteiger partial charge in [0.1, 0.15) is 5.69 Å². The van der Waals surface area contributed by atoms with E-state index in [2.05, 4.69) is 30.7 Å². The first-order valence-electron chi connectivity index (χ1n) is 5.42. The van der Waals surface area contributed by atoms with E-state index in [1.165, 1.54) is 0 Å². The fourth-order valence-electron chi connectivity index (χ4n) is 1.36. The highest BCUT2D eigenvalue weighted by Gasteiger charge is 2.08. The van der Waals surface area contributed by atoms with Crippen molar-refractivity contribution in [2.75, 3.05) is 11.9 Å². The number of anilines is 1. The summed E-state index contributed by atoms with van der Waals surface area (Å²) in [7, 11) is 0. The molecule has 88 valence electrons. The lowest BCUT2D eigenvalue weighted by Gasteiger charge is -1.98. The van der Waals surface area contributed by atoms with Gasteiger partial charge in [-0.1, -0.05) is 0 Å². The summed E-state index contributed by atoms with van der Waals surface area (Å²) in [6, 6.07) is 3.67. The number of hydrogen-bond acceptors (Lipinski definition) is 5. The molecule has 2 aromatic rings. The second-order valence-electron chi connectivity index (χ2n) is 3.49. The second-order valence-corrected chi connectivity index (χ2v) is 3.49. The fourth-order valence-corrected chi connectivity index (χ4v) is 1.36. The maximum atomic E-state index is 4.18.